The average Bonchev–Trinajstić information content (AvgIpc) is 2.09. The van der Waals surface area contributed by atoms with E-state index in [-0.39, 0.29) is 19.0 Å². The van der Waals surface area contributed by atoms with Gasteiger partial charge in [0.1, 0.15) is 6.42 Å². The third-order valence-corrected chi connectivity index (χ3v) is 2.46. The number of Topliss-reactive ketones (excluding diaryl/α,β-unsaturated/α-hetero) is 1. The van der Waals surface area contributed by atoms with Gasteiger partial charge in [0.15, 0.2) is 11.6 Å². The van der Waals surface area contributed by atoms with Crippen LogP contribution in [0.1, 0.15) is 27.2 Å². The summed E-state index contributed by atoms with van der Waals surface area (Å²) in [6.45, 7) is 5.58. The van der Waals surface area contributed by atoms with Crippen LogP contribution in [0.25, 0.3) is 0 Å². The minimum Gasteiger partial charge on any atom is -0.481 e. The van der Waals surface area contributed by atoms with Gasteiger partial charge in [0.05, 0.1) is 18.6 Å². The Balaban J connectivity index is 2.62. The van der Waals surface area contributed by atoms with Crippen LogP contribution in [0.4, 0.5) is 0 Å². The molecule has 1 aliphatic heterocycles. The molecule has 0 unspecified atom stereocenters. The molecule has 1 N–H and O–H groups in total. The van der Waals surface area contributed by atoms with Gasteiger partial charge < -0.3 is 14.6 Å². The molecule has 0 saturated carbocycles. The summed E-state index contributed by atoms with van der Waals surface area (Å²) < 4.78 is 10.7. The SMILES string of the molecule is CC1(C)OCC(C)(C(=O)CC(=O)O)CO1. The fourth-order valence-corrected chi connectivity index (χ4v) is 1.26. The molecule has 86 valence electrons. The Labute approximate surface area is 88.4 Å². The van der Waals surface area contributed by atoms with Gasteiger partial charge in [-0.05, 0) is 20.8 Å². The van der Waals surface area contributed by atoms with Crippen molar-refractivity contribution >= 4 is 11.8 Å². The van der Waals surface area contributed by atoms with Crippen LogP contribution < -0.4 is 0 Å². The van der Waals surface area contributed by atoms with Crippen LogP contribution >= 0.6 is 0 Å². The van der Waals surface area contributed by atoms with Crippen LogP contribution in [0.3, 0.4) is 0 Å². The van der Waals surface area contributed by atoms with Gasteiger partial charge in [0, 0.05) is 0 Å². The maximum absolute atomic E-state index is 11.6. The topological polar surface area (TPSA) is 72.8 Å². The lowest BCUT2D eigenvalue weighted by molar-refractivity contribution is -0.276. The number of carboxylic acid groups (broad SMARTS) is 1. The standard InChI is InChI=1S/C10H16O5/c1-9(2)14-5-10(3,6-15-9)7(11)4-8(12)13/h4-6H2,1-3H3,(H,12,13). The first-order valence-electron chi connectivity index (χ1n) is 4.78. The lowest BCUT2D eigenvalue weighted by Gasteiger charge is -2.40. The Hall–Kier alpha value is -0.940. The Bertz CT molecular complexity index is 272. The molecule has 1 heterocycles. The van der Waals surface area contributed by atoms with Gasteiger partial charge in [-0.2, -0.15) is 0 Å². The second-order valence-corrected chi connectivity index (χ2v) is 4.53. The molecule has 0 spiro atoms. The molecule has 0 atom stereocenters. The minimum atomic E-state index is -1.12. The predicted octanol–water partition coefficient (Wildman–Crippen LogP) is 0.819. The van der Waals surface area contributed by atoms with Gasteiger partial charge in [0.25, 0.3) is 0 Å². The molecule has 5 nitrogen and oxygen atoms in total. The maximum Gasteiger partial charge on any atom is 0.310 e. The van der Waals surface area contributed by atoms with Crippen LogP contribution in [0, 0.1) is 5.41 Å². The predicted molar refractivity (Wildman–Crippen MR) is 51.3 cm³/mol. The molecule has 0 aromatic rings. The summed E-state index contributed by atoms with van der Waals surface area (Å²) in [5.74, 6) is -2.17. The van der Waals surface area contributed by atoms with Gasteiger partial charge in [-0.3, -0.25) is 9.59 Å². The molecular weight excluding hydrogens is 200 g/mol. The lowest BCUT2D eigenvalue weighted by atomic mass is 9.85. The van der Waals surface area contributed by atoms with Crippen molar-refractivity contribution in [2.45, 2.75) is 33.0 Å². The van der Waals surface area contributed by atoms with Crippen molar-refractivity contribution in [1.29, 1.82) is 0 Å². The normalized spacial score (nSPS) is 23.4. The molecule has 1 aliphatic rings. The summed E-state index contributed by atoms with van der Waals surface area (Å²) in [7, 11) is 0. The lowest BCUT2D eigenvalue weighted by Crippen LogP contribution is -2.49. The highest BCUT2D eigenvalue weighted by atomic mass is 16.7. The molecule has 0 amide bonds. The zero-order chi connectivity index (χ0) is 11.7. The van der Waals surface area contributed by atoms with Gasteiger partial charge >= 0.3 is 5.97 Å². The monoisotopic (exact) mass is 216 g/mol. The highest BCUT2D eigenvalue weighted by Gasteiger charge is 2.42. The summed E-state index contributed by atoms with van der Waals surface area (Å²) in [6, 6.07) is 0. The zero-order valence-electron chi connectivity index (χ0n) is 9.20. The van der Waals surface area contributed by atoms with Crippen LogP contribution in [-0.4, -0.2) is 35.9 Å². The van der Waals surface area contributed by atoms with Crippen LogP contribution in [0.2, 0.25) is 0 Å². The average molecular weight is 216 g/mol. The van der Waals surface area contributed by atoms with Gasteiger partial charge in [-0.25, -0.2) is 0 Å². The molecule has 0 radical (unpaired) electrons. The molecule has 0 aromatic carbocycles. The molecule has 0 aliphatic carbocycles. The number of aliphatic carboxylic acids is 1. The smallest absolute Gasteiger partial charge is 0.310 e. The van der Waals surface area contributed by atoms with E-state index in [1.165, 1.54) is 0 Å². The molecule has 5 heteroatoms. The van der Waals surface area contributed by atoms with E-state index in [2.05, 4.69) is 0 Å². The summed E-state index contributed by atoms with van der Waals surface area (Å²) in [5, 5.41) is 8.53. The summed E-state index contributed by atoms with van der Waals surface area (Å²) >= 11 is 0. The van der Waals surface area contributed by atoms with Crippen molar-refractivity contribution < 1.29 is 24.2 Å². The number of carboxylic acids is 1. The fourth-order valence-electron chi connectivity index (χ4n) is 1.26. The van der Waals surface area contributed by atoms with E-state index < -0.39 is 23.6 Å². The van der Waals surface area contributed by atoms with Crippen molar-refractivity contribution in [3.63, 3.8) is 0 Å². The summed E-state index contributed by atoms with van der Waals surface area (Å²) in [4.78, 5) is 22.0. The van der Waals surface area contributed by atoms with E-state index in [4.69, 9.17) is 14.6 Å². The number of carbonyl (C=O) groups is 2. The van der Waals surface area contributed by atoms with Gasteiger partial charge in [0.2, 0.25) is 0 Å². The molecular formula is C10H16O5. The van der Waals surface area contributed by atoms with Crippen molar-refractivity contribution in [2.24, 2.45) is 5.41 Å². The van der Waals surface area contributed by atoms with E-state index >= 15 is 0 Å². The van der Waals surface area contributed by atoms with E-state index in [1.54, 1.807) is 20.8 Å². The number of carbonyl (C=O) groups excluding carboxylic acids is 1. The van der Waals surface area contributed by atoms with E-state index in [0.29, 0.717) is 0 Å². The molecule has 0 bridgehead atoms. The quantitative estimate of drug-likeness (QED) is 0.707. The van der Waals surface area contributed by atoms with Gasteiger partial charge in [-0.15, -0.1) is 0 Å². The minimum absolute atomic E-state index is 0.201. The first kappa shape index (κ1) is 12.1. The number of ketones is 1. The van der Waals surface area contributed by atoms with Crippen LogP contribution in [0.5, 0.6) is 0 Å². The number of rotatable bonds is 3. The van der Waals surface area contributed by atoms with E-state index in [1.807, 2.05) is 0 Å². The van der Waals surface area contributed by atoms with Crippen molar-refractivity contribution in [3.05, 3.63) is 0 Å². The highest BCUT2D eigenvalue weighted by molar-refractivity contribution is 5.98. The zero-order valence-corrected chi connectivity index (χ0v) is 9.20. The highest BCUT2D eigenvalue weighted by Crippen LogP contribution is 2.30. The van der Waals surface area contributed by atoms with Crippen LogP contribution in [0.15, 0.2) is 0 Å². The van der Waals surface area contributed by atoms with Crippen molar-refractivity contribution in [3.8, 4) is 0 Å². The molecule has 1 fully saturated rings. The van der Waals surface area contributed by atoms with Gasteiger partial charge in [-0.1, -0.05) is 0 Å². The maximum atomic E-state index is 11.6. The Morgan fingerprint density at radius 2 is 1.67 bits per heavy atom. The number of hydrogen-bond donors (Lipinski definition) is 1. The largest absolute Gasteiger partial charge is 0.481 e. The summed E-state index contributed by atoms with van der Waals surface area (Å²) in [6.07, 6.45) is -0.482. The second kappa shape index (κ2) is 3.90. The second-order valence-electron chi connectivity index (χ2n) is 4.53. The Kier molecular flexibility index (Phi) is 3.16. The number of hydrogen-bond acceptors (Lipinski definition) is 4. The third kappa shape index (κ3) is 3.00. The molecule has 15 heavy (non-hydrogen) atoms. The van der Waals surface area contributed by atoms with E-state index in [9.17, 15) is 9.59 Å². The first-order valence-corrected chi connectivity index (χ1v) is 4.78. The molecule has 0 aromatic heterocycles. The first-order chi connectivity index (χ1) is 6.75. The van der Waals surface area contributed by atoms with E-state index in [0.717, 1.165) is 0 Å². The van der Waals surface area contributed by atoms with Crippen LogP contribution in [-0.2, 0) is 19.1 Å². The van der Waals surface area contributed by atoms with Crippen molar-refractivity contribution in [1.82, 2.24) is 0 Å². The fraction of sp³-hybridized carbons (Fsp3) is 0.800. The molecule has 1 rings (SSSR count). The Morgan fingerprint density at radius 3 is 2.07 bits per heavy atom. The Morgan fingerprint density at radius 1 is 1.20 bits per heavy atom. The molecule has 1 saturated heterocycles. The van der Waals surface area contributed by atoms with Crippen molar-refractivity contribution in [2.75, 3.05) is 13.2 Å². The summed E-state index contributed by atoms with van der Waals surface area (Å²) in [5.41, 5.74) is -0.839. The number of ether oxygens (including phenoxy) is 2. The third-order valence-electron chi connectivity index (χ3n) is 2.46.